The van der Waals surface area contributed by atoms with Gasteiger partial charge in [0.2, 0.25) is 5.95 Å². The van der Waals surface area contributed by atoms with E-state index in [4.69, 9.17) is 0 Å². The molecule has 34 heavy (non-hydrogen) atoms. The maximum atomic E-state index is 13.0. The van der Waals surface area contributed by atoms with E-state index >= 15 is 0 Å². The predicted molar refractivity (Wildman–Crippen MR) is 138 cm³/mol. The average molecular weight is 514 g/mol. The lowest BCUT2D eigenvalue weighted by molar-refractivity contribution is 0.0719. The first kappa shape index (κ1) is 27.9. The lowest BCUT2D eigenvalue weighted by Crippen LogP contribution is -2.47. The fraction of sp³-hybridized carbons (Fsp3) is 0.500. The molecule has 0 bridgehead atoms. The van der Waals surface area contributed by atoms with Crippen molar-refractivity contribution in [3.8, 4) is 0 Å². The molecular formula is C22H33Cl2N7O3. The second kappa shape index (κ2) is 11.9. The van der Waals surface area contributed by atoms with Gasteiger partial charge in [-0.2, -0.15) is 4.98 Å². The highest BCUT2D eigenvalue weighted by molar-refractivity contribution is 5.85. The molecule has 1 atom stereocenters. The van der Waals surface area contributed by atoms with Crippen molar-refractivity contribution in [1.82, 2.24) is 28.5 Å². The normalized spacial score (nSPS) is 15.5. The monoisotopic (exact) mass is 513 g/mol. The largest absolute Gasteiger partial charge is 0.390 e. The number of piperazine rings is 1. The van der Waals surface area contributed by atoms with Gasteiger partial charge in [-0.3, -0.25) is 18.8 Å². The number of imidazole rings is 1. The third-order valence-electron chi connectivity index (χ3n) is 6.10. The van der Waals surface area contributed by atoms with Gasteiger partial charge in [-0.25, -0.2) is 4.79 Å². The molecule has 12 heteroatoms. The second-order valence-corrected chi connectivity index (χ2v) is 8.52. The topological polar surface area (TPSA) is 101 Å². The van der Waals surface area contributed by atoms with Gasteiger partial charge in [-0.1, -0.05) is 30.3 Å². The number of aliphatic hydroxyl groups excluding tert-OH is 1. The van der Waals surface area contributed by atoms with E-state index in [1.165, 1.54) is 11.6 Å². The number of anilines is 1. The Bertz CT molecular complexity index is 1200. The molecule has 1 aliphatic rings. The number of β-amino-alcohol motifs (C(OH)–C–C–N with tert-alkyl or cyclic N) is 1. The minimum Gasteiger partial charge on any atom is -0.390 e. The molecule has 2 N–H and O–H groups in total. The Kier molecular flexibility index (Phi) is 9.72. The number of likely N-dealkylation sites (N-methyl/N-ethyl adjacent to an activating group) is 1. The Labute approximate surface area is 210 Å². The fourth-order valence-electron chi connectivity index (χ4n) is 4.13. The lowest BCUT2D eigenvalue weighted by Gasteiger charge is -2.33. The number of hydrogen-bond acceptors (Lipinski definition) is 7. The zero-order chi connectivity index (χ0) is 22.8. The molecule has 1 unspecified atom stereocenters. The van der Waals surface area contributed by atoms with Gasteiger partial charge in [-0.05, 0) is 12.6 Å². The minimum atomic E-state index is -0.685. The molecule has 3 aromatic rings. The van der Waals surface area contributed by atoms with Gasteiger partial charge in [0.1, 0.15) is 0 Å². The first-order valence-corrected chi connectivity index (χ1v) is 10.9. The van der Waals surface area contributed by atoms with Crippen molar-refractivity contribution in [2.24, 2.45) is 14.1 Å². The molecule has 4 rings (SSSR count). The zero-order valence-electron chi connectivity index (χ0n) is 19.7. The third-order valence-corrected chi connectivity index (χ3v) is 6.10. The van der Waals surface area contributed by atoms with Crippen molar-refractivity contribution in [2.75, 3.05) is 45.1 Å². The van der Waals surface area contributed by atoms with Crippen molar-refractivity contribution in [3.05, 3.63) is 56.7 Å². The van der Waals surface area contributed by atoms with Gasteiger partial charge in [0.15, 0.2) is 11.2 Å². The highest BCUT2D eigenvalue weighted by Crippen LogP contribution is 2.18. The summed E-state index contributed by atoms with van der Waals surface area (Å²) in [5, 5.41) is 14.2. The van der Waals surface area contributed by atoms with Gasteiger partial charge >= 0.3 is 5.69 Å². The summed E-state index contributed by atoms with van der Waals surface area (Å²) < 4.78 is 4.16. The van der Waals surface area contributed by atoms with Crippen LogP contribution >= 0.6 is 24.8 Å². The molecule has 0 radical (unpaired) electrons. The second-order valence-electron chi connectivity index (χ2n) is 8.52. The van der Waals surface area contributed by atoms with Crippen LogP contribution in [0.2, 0.25) is 0 Å². The van der Waals surface area contributed by atoms with E-state index in [1.54, 1.807) is 11.6 Å². The number of aryl methyl sites for hydroxylation is 1. The van der Waals surface area contributed by atoms with Crippen LogP contribution in [0.15, 0.2) is 39.9 Å². The van der Waals surface area contributed by atoms with Crippen LogP contribution in [0.3, 0.4) is 0 Å². The van der Waals surface area contributed by atoms with E-state index in [9.17, 15) is 14.7 Å². The van der Waals surface area contributed by atoms with Gasteiger partial charge in [0.05, 0.1) is 12.6 Å². The van der Waals surface area contributed by atoms with E-state index in [2.05, 4.69) is 27.1 Å². The number of nitrogens with one attached hydrogen (secondary N) is 1. The Morgan fingerprint density at radius 2 is 1.62 bits per heavy atom. The summed E-state index contributed by atoms with van der Waals surface area (Å²) in [5.41, 5.74) is 0.823. The van der Waals surface area contributed by atoms with Gasteiger partial charge in [-0.15, -0.1) is 24.8 Å². The van der Waals surface area contributed by atoms with Gasteiger partial charge in [0, 0.05) is 53.4 Å². The molecule has 2 aromatic heterocycles. The quantitative estimate of drug-likeness (QED) is 0.474. The first-order valence-electron chi connectivity index (χ1n) is 10.9. The fourth-order valence-corrected chi connectivity index (χ4v) is 4.13. The number of aromatic nitrogens is 4. The third kappa shape index (κ3) is 5.81. The summed E-state index contributed by atoms with van der Waals surface area (Å²) >= 11 is 0. The maximum Gasteiger partial charge on any atom is 0.332 e. The number of hydrogen-bond donors (Lipinski definition) is 2. The molecule has 1 aromatic carbocycles. The van der Waals surface area contributed by atoms with Crippen LogP contribution in [0.25, 0.3) is 11.2 Å². The van der Waals surface area contributed by atoms with Crippen LogP contribution in [0.1, 0.15) is 5.56 Å². The van der Waals surface area contributed by atoms with E-state index in [1.807, 2.05) is 30.3 Å². The highest BCUT2D eigenvalue weighted by atomic mass is 35.5. The molecule has 0 saturated carbocycles. The number of fused-ring (bicyclic) bond motifs is 1. The van der Waals surface area contributed by atoms with Crippen molar-refractivity contribution >= 4 is 41.9 Å². The summed E-state index contributed by atoms with van der Waals surface area (Å²) in [4.78, 5) is 34.5. The first-order chi connectivity index (χ1) is 15.3. The van der Waals surface area contributed by atoms with Crippen LogP contribution in [0, 0.1) is 0 Å². The maximum absolute atomic E-state index is 13.0. The van der Waals surface area contributed by atoms with Gasteiger partial charge in [0.25, 0.3) is 5.56 Å². The van der Waals surface area contributed by atoms with Crippen LogP contribution in [-0.2, 0) is 27.2 Å². The summed E-state index contributed by atoms with van der Waals surface area (Å²) in [7, 11) is 5.15. The molecule has 1 aliphatic heterocycles. The van der Waals surface area contributed by atoms with Gasteiger partial charge < -0.3 is 19.9 Å². The molecule has 10 nitrogen and oxygen atoms in total. The smallest absolute Gasteiger partial charge is 0.332 e. The predicted octanol–water partition coefficient (Wildman–Crippen LogP) is 0.498. The number of halogens is 2. The van der Waals surface area contributed by atoms with Crippen molar-refractivity contribution in [2.45, 2.75) is 19.2 Å². The van der Waals surface area contributed by atoms with Crippen molar-refractivity contribution in [3.63, 3.8) is 0 Å². The summed E-state index contributed by atoms with van der Waals surface area (Å²) in [6.07, 6.45) is -0.685. The van der Waals surface area contributed by atoms with Crippen molar-refractivity contribution < 1.29 is 5.11 Å². The van der Waals surface area contributed by atoms with Crippen LogP contribution < -0.4 is 16.6 Å². The molecule has 188 valence electrons. The lowest BCUT2D eigenvalue weighted by atomic mass is 10.2. The Balaban J connectivity index is 0.00000204. The Hall–Kier alpha value is -2.37. The number of rotatable bonds is 7. The van der Waals surface area contributed by atoms with E-state index in [0.717, 1.165) is 36.3 Å². The standard InChI is InChI=1S/C22H31N7O3.2ClH/c1-25-9-11-28(12-10-25)14-17(30)15-29-18-19(26(2)22(32)27(3)20(18)31)24-21(29)23-13-16-7-5-4-6-8-16;;/h4-8,17,30H,9-15H2,1-3H3,(H,23,24);2*1H. The number of aliphatic hydroxyl groups is 1. The van der Waals surface area contributed by atoms with Crippen molar-refractivity contribution in [1.29, 1.82) is 0 Å². The number of benzene rings is 1. The SMILES string of the molecule is CN1CCN(CC(O)Cn2c(NCc3ccccc3)nc3c2c(=O)n(C)c(=O)n3C)CC1.Cl.Cl. The van der Waals surface area contributed by atoms with E-state index in [0.29, 0.717) is 30.2 Å². The minimum absolute atomic E-state index is 0. The van der Waals surface area contributed by atoms with E-state index < -0.39 is 17.4 Å². The molecular weight excluding hydrogens is 481 g/mol. The summed E-state index contributed by atoms with van der Waals surface area (Å²) in [6, 6.07) is 9.86. The molecule has 0 spiro atoms. The van der Waals surface area contributed by atoms with E-state index in [-0.39, 0.29) is 31.4 Å². The summed E-state index contributed by atoms with van der Waals surface area (Å²) in [5.74, 6) is 0.458. The highest BCUT2D eigenvalue weighted by Gasteiger charge is 2.23. The summed E-state index contributed by atoms with van der Waals surface area (Å²) in [6.45, 7) is 4.94. The Morgan fingerprint density at radius 1 is 0.971 bits per heavy atom. The Morgan fingerprint density at radius 3 is 2.26 bits per heavy atom. The molecule has 1 fully saturated rings. The molecule has 1 saturated heterocycles. The number of nitrogens with zero attached hydrogens (tertiary/aromatic N) is 6. The molecule has 3 heterocycles. The zero-order valence-corrected chi connectivity index (χ0v) is 21.3. The van der Waals surface area contributed by atoms with Crippen LogP contribution in [-0.4, -0.2) is 79.5 Å². The molecule has 0 amide bonds. The van der Waals surface area contributed by atoms with Crippen LogP contribution in [0.4, 0.5) is 5.95 Å². The molecule has 0 aliphatic carbocycles. The average Bonchev–Trinajstić information content (AvgIpc) is 3.15. The van der Waals surface area contributed by atoms with Crippen LogP contribution in [0.5, 0.6) is 0 Å².